The number of carbonyl (C=O) groups excluding carboxylic acids is 1. The summed E-state index contributed by atoms with van der Waals surface area (Å²) in [5.41, 5.74) is 6.72. The number of nitrogens with one attached hydrogen (secondary N) is 1. The van der Waals surface area contributed by atoms with Crippen molar-refractivity contribution in [2.75, 3.05) is 0 Å². The number of hydrogen-bond donors (Lipinski definition) is 2. The molecule has 0 saturated carbocycles. The molecule has 16 heavy (non-hydrogen) atoms. The molecule has 0 aliphatic heterocycles. The Morgan fingerprint density at radius 1 is 1.44 bits per heavy atom. The molecule has 0 unspecified atom stereocenters. The monoisotopic (exact) mass is 284 g/mol. The third-order valence-corrected chi connectivity index (χ3v) is 3.03. The van der Waals surface area contributed by atoms with Crippen molar-refractivity contribution in [3.05, 3.63) is 34.3 Å². The highest BCUT2D eigenvalue weighted by molar-refractivity contribution is 9.10. The summed E-state index contributed by atoms with van der Waals surface area (Å²) in [6, 6.07) is 7.44. The van der Waals surface area contributed by atoms with Crippen LogP contribution >= 0.6 is 15.9 Å². The molecule has 0 aliphatic carbocycles. The van der Waals surface area contributed by atoms with Gasteiger partial charge in [0.1, 0.15) is 0 Å². The lowest BCUT2D eigenvalue weighted by Crippen LogP contribution is -2.41. The molecule has 1 amide bonds. The van der Waals surface area contributed by atoms with Crippen molar-refractivity contribution in [3.63, 3.8) is 0 Å². The van der Waals surface area contributed by atoms with Crippen LogP contribution in [0.25, 0.3) is 0 Å². The minimum atomic E-state index is -0.419. The molecule has 1 rings (SSSR count). The molecule has 3 nitrogen and oxygen atoms in total. The fraction of sp³-hybridized carbons (Fsp3) is 0.417. The average molecular weight is 285 g/mol. The van der Waals surface area contributed by atoms with Crippen LogP contribution in [0.15, 0.2) is 28.7 Å². The largest absolute Gasteiger partial charge is 0.348 e. The third-order valence-electron chi connectivity index (χ3n) is 2.51. The summed E-state index contributed by atoms with van der Waals surface area (Å²) >= 11 is 3.37. The highest BCUT2D eigenvalue weighted by Gasteiger charge is 2.14. The normalized spacial score (nSPS) is 14.2. The highest BCUT2D eigenvalue weighted by Crippen LogP contribution is 2.16. The van der Waals surface area contributed by atoms with Gasteiger partial charge in [-0.05, 0) is 31.0 Å². The van der Waals surface area contributed by atoms with E-state index in [-0.39, 0.29) is 11.9 Å². The van der Waals surface area contributed by atoms with Gasteiger partial charge >= 0.3 is 0 Å². The predicted octanol–water partition coefficient (Wildman–Crippen LogP) is 2.36. The minimum absolute atomic E-state index is 0.0156. The van der Waals surface area contributed by atoms with Gasteiger partial charge < -0.3 is 11.1 Å². The van der Waals surface area contributed by atoms with Gasteiger partial charge in [-0.2, -0.15) is 0 Å². The summed E-state index contributed by atoms with van der Waals surface area (Å²) < 4.78 is 1.03. The molecule has 3 N–H and O–H groups in total. The maximum Gasteiger partial charge on any atom is 0.237 e. The first-order chi connectivity index (χ1) is 7.54. The molecule has 0 spiro atoms. The van der Waals surface area contributed by atoms with E-state index in [4.69, 9.17) is 5.73 Å². The van der Waals surface area contributed by atoms with Crippen LogP contribution in [0.2, 0.25) is 0 Å². The van der Waals surface area contributed by atoms with Gasteiger partial charge in [-0.25, -0.2) is 0 Å². The molecule has 0 bridgehead atoms. The summed E-state index contributed by atoms with van der Waals surface area (Å²) in [7, 11) is 0. The van der Waals surface area contributed by atoms with Crippen LogP contribution < -0.4 is 11.1 Å². The molecule has 0 saturated heterocycles. The second-order valence-corrected chi connectivity index (χ2v) is 4.71. The summed E-state index contributed by atoms with van der Waals surface area (Å²) in [5, 5.41) is 2.89. The first kappa shape index (κ1) is 13.2. The molecule has 0 fully saturated rings. The summed E-state index contributed by atoms with van der Waals surface area (Å²) in [5.74, 6) is -0.0991. The third kappa shape index (κ3) is 3.61. The molecule has 0 aliphatic rings. The molecular formula is C12H17BrN2O. The Kier molecular flexibility index (Phi) is 4.96. The number of rotatable bonds is 4. The number of benzene rings is 1. The Labute approximate surface area is 105 Å². The molecule has 0 heterocycles. The van der Waals surface area contributed by atoms with Gasteiger partial charge in [0.25, 0.3) is 0 Å². The molecule has 1 aromatic rings. The van der Waals surface area contributed by atoms with E-state index in [1.165, 1.54) is 0 Å². The van der Waals surface area contributed by atoms with E-state index in [1.807, 2.05) is 38.1 Å². The predicted molar refractivity (Wildman–Crippen MR) is 69.0 cm³/mol. The van der Waals surface area contributed by atoms with E-state index in [0.29, 0.717) is 6.42 Å². The SMILES string of the molecule is CC[C@H](N)C(=O)N[C@@H](C)c1ccc(Br)cc1. The van der Waals surface area contributed by atoms with Crippen molar-refractivity contribution in [3.8, 4) is 0 Å². The van der Waals surface area contributed by atoms with Gasteiger partial charge in [0, 0.05) is 4.47 Å². The lowest BCUT2D eigenvalue weighted by molar-refractivity contribution is -0.123. The van der Waals surface area contributed by atoms with E-state index < -0.39 is 6.04 Å². The molecule has 0 aromatic heterocycles. The zero-order valence-corrected chi connectivity index (χ0v) is 11.1. The molecular weight excluding hydrogens is 268 g/mol. The number of halogens is 1. The van der Waals surface area contributed by atoms with Crippen LogP contribution in [0.4, 0.5) is 0 Å². The van der Waals surface area contributed by atoms with Crippen LogP contribution in [0, 0.1) is 0 Å². The smallest absolute Gasteiger partial charge is 0.237 e. The highest BCUT2D eigenvalue weighted by atomic mass is 79.9. The van der Waals surface area contributed by atoms with Gasteiger partial charge in [-0.1, -0.05) is 35.0 Å². The second-order valence-electron chi connectivity index (χ2n) is 3.80. The van der Waals surface area contributed by atoms with Crippen LogP contribution in [-0.2, 0) is 4.79 Å². The van der Waals surface area contributed by atoms with Crippen molar-refractivity contribution in [2.45, 2.75) is 32.4 Å². The summed E-state index contributed by atoms with van der Waals surface area (Å²) in [6.45, 7) is 3.85. The number of hydrogen-bond acceptors (Lipinski definition) is 2. The minimum Gasteiger partial charge on any atom is -0.348 e. The Bertz CT molecular complexity index is 351. The molecule has 4 heteroatoms. The zero-order chi connectivity index (χ0) is 12.1. The number of amides is 1. The van der Waals surface area contributed by atoms with Crippen LogP contribution in [0.3, 0.4) is 0 Å². The van der Waals surface area contributed by atoms with Gasteiger partial charge in [0.2, 0.25) is 5.91 Å². The van der Waals surface area contributed by atoms with Gasteiger partial charge in [-0.3, -0.25) is 4.79 Å². The van der Waals surface area contributed by atoms with Crippen LogP contribution in [0.1, 0.15) is 31.9 Å². The fourth-order valence-electron chi connectivity index (χ4n) is 1.34. The quantitative estimate of drug-likeness (QED) is 0.892. The maximum absolute atomic E-state index is 11.6. The topological polar surface area (TPSA) is 55.1 Å². The number of carbonyl (C=O) groups is 1. The van der Waals surface area contributed by atoms with Crippen LogP contribution in [-0.4, -0.2) is 11.9 Å². The van der Waals surface area contributed by atoms with Gasteiger partial charge in [0.15, 0.2) is 0 Å². The van der Waals surface area contributed by atoms with Gasteiger partial charge in [-0.15, -0.1) is 0 Å². The molecule has 1 aromatic carbocycles. The fourth-order valence-corrected chi connectivity index (χ4v) is 1.60. The average Bonchev–Trinajstić information content (AvgIpc) is 2.28. The van der Waals surface area contributed by atoms with E-state index >= 15 is 0 Å². The Balaban J connectivity index is 2.62. The zero-order valence-electron chi connectivity index (χ0n) is 9.53. The Morgan fingerprint density at radius 2 is 2.00 bits per heavy atom. The maximum atomic E-state index is 11.6. The van der Waals surface area contributed by atoms with Crippen molar-refractivity contribution >= 4 is 21.8 Å². The Morgan fingerprint density at radius 3 is 2.50 bits per heavy atom. The van der Waals surface area contributed by atoms with Crippen LogP contribution in [0.5, 0.6) is 0 Å². The van der Waals surface area contributed by atoms with Crippen molar-refractivity contribution < 1.29 is 4.79 Å². The summed E-state index contributed by atoms with van der Waals surface area (Å²) in [4.78, 5) is 11.6. The summed E-state index contributed by atoms with van der Waals surface area (Å²) in [6.07, 6.45) is 0.652. The number of nitrogens with two attached hydrogens (primary N) is 1. The van der Waals surface area contributed by atoms with E-state index in [1.54, 1.807) is 0 Å². The first-order valence-corrected chi connectivity index (χ1v) is 6.15. The van der Waals surface area contributed by atoms with Crippen molar-refractivity contribution in [2.24, 2.45) is 5.73 Å². The van der Waals surface area contributed by atoms with E-state index in [0.717, 1.165) is 10.0 Å². The second kappa shape index (κ2) is 6.01. The molecule has 2 atom stereocenters. The molecule has 88 valence electrons. The first-order valence-electron chi connectivity index (χ1n) is 5.36. The van der Waals surface area contributed by atoms with Crippen molar-refractivity contribution in [1.29, 1.82) is 0 Å². The van der Waals surface area contributed by atoms with Crippen molar-refractivity contribution in [1.82, 2.24) is 5.32 Å². The van der Waals surface area contributed by atoms with Gasteiger partial charge in [0.05, 0.1) is 12.1 Å². The lowest BCUT2D eigenvalue weighted by Gasteiger charge is -2.17. The Hall–Kier alpha value is -0.870. The molecule has 0 radical (unpaired) electrons. The lowest BCUT2D eigenvalue weighted by atomic mass is 10.1. The van der Waals surface area contributed by atoms with E-state index in [9.17, 15) is 4.79 Å². The standard InChI is InChI=1S/C12H17BrN2O/c1-3-11(14)12(16)15-8(2)9-4-6-10(13)7-5-9/h4-8,11H,3,14H2,1-2H3,(H,15,16)/t8-,11-/m0/s1. The van der Waals surface area contributed by atoms with E-state index in [2.05, 4.69) is 21.2 Å².